The van der Waals surface area contributed by atoms with Gasteiger partial charge < -0.3 is 15.1 Å². The molecule has 1 aliphatic heterocycles. The molecule has 150 valence electrons. The van der Waals surface area contributed by atoms with Crippen molar-refractivity contribution in [1.82, 2.24) is 4.90 Å². The summed E-state index contributed by atoms with van der Waals surface area (Å²) in [6.45, 7) is 6.83. The van der Waals surface area contributed by atoms with Crippen LogP contribution >= 0.6 is 0 Å². The summed E-state index contributed by atoms with van der Waals surface area (Å²) in [5, 5.41) is 18.8. The van der Waals surface area contributed by atoms with Gasteiger partial charge in [0.15, 0.2) is 0 Å². The number of likely N-dealkylation sites (tertiary alicyclic amines) is 1. The van der Waals surface area contributed by atoms with Gasteiger partial charge in [-0.1, -0.05) is 65.0 Å². The SMILES string of the molecule is CCCCCC(O)C=CC1CC(C)(C)C(=O)N1CCCCCCC(=O)O. The number of carboxylic acids is 1. The van der Waals surface area contributed by atoms with Crippen LogP contribution in [0.2, 0.25) is 0 Å². The highest BCUT2D eigenvalue weighted by atomic mass is 16.4. The fourth-order valence-corrected chi connectivity index (χ4v) is 3.57. The van der Waals surface area contributed by atoms with E-state index in [1.54, 1.807) is 0 Å². The van der Waals surface area contributed by atoms with Crippen LogP contribution < -0.4 is 0 Å². The molecule has 2 atom stereocenters. The van der Waals surface area contributed by atoms with Crippen molar-refractivity contribution in [3.63, 3.8) is 0 Å². The monoisotopic (exact) mass is 367 g/mol. The van der Waals surface area contributed by atoms with E-state index in [-0.39, 0.29) is 23.8 Å². The van der Waals surface area contributed by atoms with E-state index in [0.29, 0.717) is 13.0 Å². The van der Waals surface area contributed by atoms with Crippen LogP contribution in [0.25, 0.3) is 0 Å². The minimum atomic E-state index is -0.746. The largest absolute Gasteiger partial charge is 0.481 e. The van der Waals surface area contributed by atoms with Crippen molar-refractivity contribution in [3.05, 3.63) is 12.2 Å². The smallest absolute Gasteiger partial charge is 0.303 e. The molecule has 5 heteroatoms. The molecule has 1 fully saturated rings. The first-order chi connectivity index (χ1) is 12.3. The first-order valence-corrected chi connectivity index (χ1v) is 10.2. The van der Waals surface area contributed by atoms with Gasteiger partial charge in [-0.25, -0.2) is 0 Å². The fraction of sp³-hybridized carbons (Fsp3) is 0.810. The second-order valence-electron chi connectivity index (χ2n) is 8.16. The van der Waals surface area contributed by atoms with E-state index in [0.717, 1.165) is 51.4 Å². The topological polar surface area (TPSA) is 77.8 Å². The molecule has 0 bridgehead atoms. The number of carbonyl (C=O) groups is 2. The van der Waals surface area contributed by atoms with Crippen LogP contribution in [0.15, 0.2) is 12.2 Å². The Kier molecular flexibility index (Phi) is 9.92. The number of rotatable bonds is 13. The highest BCUT2D eigenvalue weighted by molar-refractivity contribution is 5.85. The number of nitrogens with zero attached hydrogens (tertiary/aromatic N) is 1. The molecule has 1 amide bonds. The predicted octanol–water partition coefficient (Wildman–Crippen LogP) is 4.15. The Morgan fingerprint density at radius 2 is 1.92 bits per heavy atom. The lowest BCUT2D eigenvalue weighted by Crippen LogP contribution is -2.35. The van der Waals surface area contributed by atoms with Crippen molar-refractivity contribution in [2.45, 2.75) is 97.1 Å². The van der Waals surface area contributed by atoms with Gasteiger partial charge in [0.25, 0.3) is 0 Å². The molecule has 2 unspecified atom stereocenters. The van der Waals surface area contributed by atoms with E-state index in [4.69, 9.17) is 5.11 Å². The third-order valence-electron chi connectivity index (χ3n) is 5.16. The molecule has 1 aliphatic rings. The summed E-state index contributed by atoms with van der Waals surface area (Å²) in [7, 11) is 0. The number of hydrogen-bond donors (Lipinski definition) is 2. The summed E-state index contributed by atoms with van der Waals surface area (Å²) in [6.07, 6.45) is 11.9. The molecule has 1 rings (SSSR count). The van der Waals surface area contributed by atoms with Gasteiger partial charge in [0.05, 0.1) is 12.1 Å². The fourth-order valence-electron chi connectivity index (χ4n) is 3.57. The van der Waals surface area contributed by atoms with Crippen LogP contribution in [0.4, 0.5) is 0 Å². The van der Waals surface area contributed by atoms with Gasteiger partial charge in [-0.15, -0.1) is 0 Å². The van der Waals surface area contributed by atoms with Crippen molar-refractivity contribution in [3.8, 4) is 0 Å². The molecule has 2 N–H and O–H groups in total. The summed E-state index contributed by atoms with van der Waals surface area (Å²) in [4.78, 5) is 25.1. The van der Waals surface area contributed by atoms with Crippen LogP contribution in [-0.4, -0.2) is 45.7 Å². The average molecular weight is 368 g/mol. The maximum Gasteiger partial charge on any atom is 0.303 e. The van der Waals surface area contributed by atoms with Gasteiger partial charge >= 0.3 is 5.97 Å². The van der Waals surface area contributed by atoms with Crippen molar-refractivity contribution >= 4 is 11.9 Å². The summed E-state index contributed by atoms with van der Waals surface area (Å²) >= 11 is 0. The van der Waals surface area contributed by atoms with E-state index < -0.39 is 12.1 Å². The highest BCUT2D eigenvalue weighted by Gasteiger charge is 2.43. The van der Waals surface area contributed by atoms with E-state index in [1.807, 2.05) is 30.9 Å². The van der Waals surface area contributed by atoms with Crippen LogP contribution in [0.3, 0.4) is 0 Å². The predicted molar refractivity (Wildman–Crippen MR) is 104 cm³/mol. The third-order valence-corrected chi connectivity index (χ3v) is 5.16. The van der Waals surface area contributed by atoms with Gasteiger partial charge in [-0.3, -0.25) is 9.59 Å². The summed E-state index contributed by atoms with van der Waals surface area (Å²) in [5.74, 6) is -0.567. The zero-order valence-electron chi connectivity index (χ0n) is 16.7. The normalized spacial score (nSPS) is 20.8. The molecule has 0 spiro atoms. The van der Waals surface area contributed by atoms with Gasteiger partial charge in [0.2, 0.25) is 5.91 Å². The van der Waals surface area contributed by atoms with E-state index in [9.17, 15) is 14.7 Å². The molecule has 1 heterocycles. The number of unbranched alkanes of at least 4 members (excludes halogenated alkanes) is 5. The summed E-state index contributed by atoms with van der Waals surface area (Å²) in [6, 6.07) is 0.0531. The van der Waals surface area contributed by atoms with Crippen LogP contribution in [0, 0.1) is 5.41 Å². The van der Waals surface area contributed by atoms with E-state index >= 15 is 0 Å². The molecule has 5 nitrogen and oxygen atoms in total. The molecule has 1 saturated heterocycles. The minimum Gasteiger partial charge on any atom is -0.481 e. The third kappa shape index (κ3) is 7.90. The van der Waals surface area contributed by atoms with Gasteiger partial charge in [0.1, 0.15) is 0 Å². The van der Waals surface area contributed by atoms with E-state index in [1.165, 1.54) is 0 Å². The number of amides is 1. The zero-order chi connectivity index (χ0) is 19.6. The van der Waals surface area contributed by atoms with Crippen molar-refractivity contribution in [2.75, 3.05) is 6.54 Å². The molecule has 0 aromatic carbocycles. The molecule has 0 aromatic heterocycles. The Morgan fingerprint density at radius 1 is 1.23 bits per heavy atom. The van der Waals surface area contributed by atoms with Gasteiger partial charge in [-0.05, 0) is 25.7 Å². The highest BCUT2D eigenvalue weighted by Crippen LogP contribution is 2.36. The quantitative estimate of drug-likeness (QED) is 0.379. The maximum absolute atomic E-state index is 12.7. The second-order valence-corrected chi connectivity index (χ2v) is 8.16. The number of carboxylic acid groups (broad SMARTS) is 1. The van der Waals surface area contributed by atoms with Gasteiger partial charge in [0, 0.05) is 18.4 Å². The number of aliphatic carboxylic acids is 1. The summed E-state index contributed by atoms with van der Waals surface area (Å²) < 4.78 is 0. The average Bonchev–Trinajstić information content (AvgIpc) is 2.78. The van der Waals surface area contributed by atoms with Crippen molar-refractivity contribution in [1.29, 1.82) is 0 Å². The zero-order valence-corrected chi connectivity index (χ0v) is 16.7. The first kappa shape index (κ1) is 22.7. The molecule has 0 aliphatic carbocycles. The first-order valence-electron chi connectivity index (χ1n) is 10.2. The number of aliphatic hydroxyl groups is 1. The number of hydrogen-bond acceptors (Lipinski definition) is 3. The Balaban J connectivity index is 2.48. The lowest BCUT2D eigenvalue weighted by Gasteiger charge is -2.23. The molecule has 0 radical (unpaired) electrons. The maximum atomic E-state index is 12.7. The van der Waals surface area contributed by atoms with Crippen LogP contribution in [0.5, 0.6) is 0 Å². The lowest BCUT2D eigenvalue weighted by atomic mass is 9.89. The molecular formula is C21H37NO4. The van der Waals surface area contributed by atoms with E-state index in [2.05, 4.69) is 6.92 Å². The Hall–Kier alpha value is -1.36. The minimum absolute atomic E-state index is 0.0531. The Labute approximate surface area is 158 Å². The van der Waals surface area contributed by atoms with Crippen LogP contribution in [-0.2, 0) is 9.59 Å². The Morgan fingerprint density at radius 3 is 2.58 bits per heavy atom. The number of aliphatic hydroxyl groups excluding tert-OH is 1. The van der Waals surface area contributed by atoms with Gasteiger partial charge in [-0.2, -0.15) is 0 Å². The summed E-state index contributed by atoms with van der Waals surface area (Å²) in [5.41, 5.74) is -0.356. The van der Waals surface area contributed by atoms with Crippen molar-refractivity contribution in [2.24, 2.45) is 5.41 Å². The van der Waals surface area contributed by atoms with Crippen LogP contribution in [0.1, 0.15) is 85.0 Å². The Bertz CT molecular complexity index is 473. The lowest BCUT2D eigenvalue weighted by molar-refractivity contribution is -0.137. The molecule has 26 heavy (non-hydrogen) atoms. The van der Waals surface area contributed by atoms with Crippen molar-refractivity contribution < 1.29 is 19.8 Å². The molecular weight excluding hydrogens is 330 g/mol. The molecule has 0 saturated carbocycles. The standard InChI is InChI=1S/C21H37NO4/c1-4-5-8-11-18(23)14-13-17-16-21(2,3)20(26)22(17)15-10-7-6-9-12-19(24)25/h13-14,17-18,23H,4-12,15-16H2,1-3H3,(H,24,25). The molecule has 0 aromatic rings. The second kappa shape index (κ2) is 11.4. The number of carbonyl (C=O) groups excluding carboxylic acids is 1.